The van der Waals surface area contributed by atoms with Gasteiger partial charge in [-0.15, -0.1) is 13.2 Å². The van der Waals surface area contributed by atoms with Gasteiger partial charge in [0.25, 0.3) is 0 Å². The fourth-order valence-electron chi connectivity index (χ4n) is 9.61. The molecule has 13 heteroatoms. The number of ether oxygens (including phenoxy) is 2. The number of fused-ring (bicyclic) bond motifs is 6. The Morgan fingerprint density at radius 3 is 2.49 bits per heavy atom. The van der Waals surface area contributed by atoms with Crippen LogP contribution in [0.15, 0.2) is 54.4 Å². The molecule has 1 saturated heterocycles. The zero-order valence-corrected chi connectivity index (χ0v) is 29.3. The number of pyridine rings is 1. The van der Waals surface area contributed by atoms with Gasteiger partial charge in [-0.2, -0.15) is 4.98 Å². The van der Waals surface area contributed by atoms with Gasteiger partial charge in [0.15, 0.2) is 5.78 Å². The minimum atomic E-state index is -5.08. The summed E-state index contributed by atoms with van der Waals surface area (Å²) in [6.45, 7) is 9.97. The quantitative estimate of drug-likeness (QED) is 0.272. The Morgan fingerprint density at radius 2 is 1.76 bits per heavy atom. The van der Waals surface area contributed by atoms with Gasteiger partial charge in [0, 0.05) is 47.7 Å². The van der Waals surface area contributed by atoms with E-state index in [4.69, 9.17) is 4.74 Å². The van der Waals surface area contributed by atoms with Crippen molar-refractivity contribution in [3.05, 3.63) is 60.2 Å². The van der Waals surface area contributed by atoms with Crippen molar-refractivity contribution in [2.45, 2.75) is 85.1 Å². The average molecular weight is 711 g/mol. The van der Waals surface area contributed by atoms with Crippen LogP contribution in [0.1, 0.15) is 73.1 Å². The molecule has 1 N–H and O–H groups in total. The van der Waals surface area contributed by atoms with Crippen molar-refractivity contribution in [1.82, 2.24) is 14.5 Å². The van der Waals surface area contributed by atoms with Crippen molar-refractivity contribution in [2.24, 2.45) is 34.5 Å². The first-order valence-corrected chi connectivity index (χ1v) is 17.5. The molecule has 1 aromatic carbocycles. The van der Waals surface area contributed by atoms with E-state index in [0.29, 0.717) is 55.2 Å². The average Bonchev–Trinajstić information content (AvgIpc) is 3.61. The van der Waals surface area contributed by atoms with Gasteiger partial charge in [0.05, 0.1) is 5.52 Å². The van der Waals surface area contributed by atoms with Gasteiger partial charge >= 0.3 is 12.5 Å². The van der Waals surface area contributed by atoms with Crippen LogP contribution in [0.4, 0.5) is 28.0 Å². The van der Waals surface area contributed by atoms with Crippen molar-refractivity contribution in [2.75, 3.05) is 11.9 Å². The van der Waals surface area contributed by atoms with Crippen molar-refractivity contribution in [3.63, 3.8) is 0 Å². The number of aromatic nitrogens is 2. The summed E-state index contributed by atoms with van der Waals surface area (Å²) < 4.78 is 66.3. The second-order valence-electron chi connectivity index (χ2n) is 16.0. The molecule has 4 aliphatic rings. The zero-order valence-electron chi connectivity index (χ0n) is 29.3. The predicted molar refractivity (Wildman–Crippen MR) is 180 cm³/mol. The normalized spacial score (nSPS) is 29.2. The lowest BCUT2D eigenvalue weighted by atomic mass is 9.49. The van der Waals surface area contributed by atoms with Crippen LogP contribution in [-0.2, 0) is 14.3 Å². The molecule has 0 radical (unpaired) electrons. The lowest BCUT2D eigenvalue weighted by molar-refractivity contribution is -0.275. The number of anilines is 1. The number of hydrogen-bond donors (Lipinski definition) is 1. The number of piperidine rings is 1. The van der Waals surface area contributed by atoms with E-state index in [-0.39, 0.29) is 35.0 Å². The Kier molecular flexibility index (Phi) is 8.29. The predicted octanol–water partition coefficient (Wildman–Crippen LogP) is 8.56. The highest BCUT2D eigenvalue weighted by Gasteiger charge is 2.62. The van der Waals surface area contributed by atoms with Crippen LogP contribution in [0.5, 0.6) is 5.88 Å². The molecule has 3 heterocycles. The van der Waals surface area contributed by atoms with E-state index < -0.39 is 52.4 Å². The molecule has 4 unspecified atom stereocenters. The van der Waals surface area contributed by atoms with Crippen LogP contribution in [-0.4, -0.2) is 50.7 Å². The lowest BCUT2D eigenvalue weighted by Crippen LogP contribution is -2.59. The largest absolute Gasteiger partial charge is 0.574 e. The summed E-state index contributed by atoms with van der Waals surface area (Å²) >= 11 is 0. The van der Waals surface area contributed by atoms with E-state index in [9.17, 15) is 31.9 Å². The molecule has 6 atom stereocenters. The number of nitrogens with zero attached hydrogens (tertiary/aromatic N) is 3. The Balaban J connectivity index is 1.16. The molecule has 3 aliphatic carbocycles. The van der Waals surface area contributed by atoms with Crippen LogP contribution in [0.3, 0.4) is 0 Å². The molecule has 2 saturated carbocycles. The second kappa shape index (κ2) is 12.1. The summed E-state index contributed by atoms with van der Waals surface area (Å²) in [7, 11) is 0. The Labute approximate surface area is 293 Å². The van der Waals surface area contributed by atoms with Gasteiger partial charge < -0.3 is 19.4 Å². The van der Waals surface area contributed by atoms with E-state index in [0.717, 1.165) is 6.42 Å². The molecule has 3 aromatic rings. The maximum atomic E-state index is 14.1. The number of hydrogen-bond acceptors (Lipinski definition) is 6. The number of rotatable bonds is 4. The van der Waals surface area contributed by atoms with Crippen molar-refractivity contribution >= 4 is 34.4 Å². The minimum absolute atomic E-state index is 0.0128. The van der Waals surface area contributed by atoms with Gasteiger partial charge in [-0.05, 0) is 112 Å². The Hall–Kier alpha value is -4.42. The molecule has 0 spiro atoms. The number of halogens is 4. The molecular weight excluding hydrogens is 668 g/mol. The molecule has 3 fully saturated rings. The van der Waals surface area contributed by atoms with E-state index in [1.165, 1.54) is 34.9 Å². The SMILES string of the molecule is CC(C)(C)OC(=O)N1CC2C3CCC(C(=O)Nc4ccc(-n5ccc6cc(F)ccc65)nc4OC(F)(F)F)[C@@]3(C)CCC2[C@@]2(C)CCC(=O)C=C12. The number of benzene rings is 1. The van der Waals surface area contributed by atoms with Gasteiger partial charge in [-0.1, -0.05) is 13.8 Å². The third-order valence-corrected chi connectivity index (χ3v) is 11.9. The molecular formula is C38H42F4N4O5. The smallest absolute Gasteiger partial charge is 0.443 e. The molecule has 1 aliphatic heterocycles. The third kappa shape index (κ3) is 6.26. The molecule has 51 heavy (non-hydrogen) atoms. The van der Waals surface area contributed by atoms with Crippen LogP contribution in [0.2, 0.25) is 0 Å². The molecule has 9 nitrogen and oxygen atoms in total. The second-order valence-corrected chi connectivity index (χ2v) is 16.0. The van der Waals surface area contributed by atoms with Crippen LogP contribution >= 0.6 is 0 Å². The number of amides is 2. The van der Waals surface area contributed by atoms with E-state index >= 15 is 0 Å². The summed E-state index contributed by atoms with van der Waals surface area (Å²) in [5.41, 5.74) is -0.636. The van der Waals surface area contributed by atoms with Crippen molar-refractivity contribution in [3.8, 4) is 11.7 Å². The van der Waals surface area contributed by atoms with E-state index in [2.05, 4.69) is 28.9 Å². The molecule has 2 amide bonds. The first kappa shape index (κ1) is 35.0. The number of alkyl halides is 3. The summed E-state index contributed by atoms with van der Waals surface area (Å²) in [5, 5.41) is 3.25. The van der Waals surface area contributed by atoms with E-state index in [1.54, 1.807) is 44.0 Å². The maximum Gasteiger partial charge on any atom is 0.574 e. The van der Waals surface area contributed by atoms with Gasteiger partial charge in [0.1, 0.15) is 22.9 Å². The van der Waals surface area contributed by atoms with Crippen LogP contribution < -0.4 is 10.1 Å². The highest BCUT2D eigenvalue weighted by Crippen LogP contribution is 2.65. The number of nitrogens with one attached hydrogen (secondary N) is 1. The molecule has 0 bridgehead atoms. The number of carbonyl (C=O) groups is 3. The number of ketones is 1. The number of carbonyl (C=O) groups excluding carboxylic acids is 3. The topological polar surface area (TPSA) is 103 Å². The minimum Gasteiger partial charge on any atom is -0.443 e. The standard InChI is InChI=1S/C38H42F4N4O5/c1-35(2,3)51-34(49)46-20-24-25-7-8-27(36(25,4)16-13-26(24)37(5)15-12-23(47)19-30(37)46)32(48)43-28-9-11-31(44-33(28)50-38(40,41)42)45-17-14-21-18-22(39)6-10-29(21)45/h6,9-11,14,17-19,24-27H,7-8,12-13,15-16,20H2,1-5H3,(H,43,48)/t24?,25?,26?,27?,36-,37+/m0/s1. The summed E-state index contributed by atoms with van der Waals surface area (Å²) in [4.78, 5) is 46.1. The number of likely N-dealkylation sites (tertiary alicyclic amines) is 1. The van der Waals surface area contributed by atoms with Crippen LogP contribution in [0, 0.1) is 40.3 Å². The zero-order chi connectivity index (χ0) is 36.7. The van der Waals surface area contributed by atoms with Gasteiger partial charge in [0.2, 0.25) is 11.8 Å². The van der Waals surface area contributed by atoms with E-state index in [1.807, 2.05) is 0 Å². The third-order valence-electron chi connectivity index (χ3n) is 11.9. The first-order valence-electron chi connectivity index (χ1n) is 17.5. The van der Waals surface area contributed by atoms with Crippen LogP contribution in [0.25, 0.3) is 16.7 Å². The monoisotopic (exact) mass is 710 g/mol. The molecule has 272 valence electrons. The van der Waals surface area contributed by atoms with Gasteiger partial charge in [-0.25, -0.2) is 9.18 Å². The molecule has 2 aromatic heterocycles. The fraction of sp³-hybridized carbons (Fsp3) is 0.526. The highest BCUT2D eigenvalue weighted by atomic mass is 19.4. The van der Waals surface area contributed by atoms with Gasteiger partial charge in [-0.3, -0.25) is 14.5 Å². The Morgan fingerprint density at radius 1 is 1.00 bits per heavy atom. The first-order chi connectivity index (χ1) is 23.9. The maximum absolute atomic E-state index is 14.1. The van der Waals surface area contributed by atoms with Crippen molar-refractivity contribution < 1.29 is 41.4 Å². The highest BCUT2D eigenvalue weighted by molar-refractivity contribution is 5.95. The summed E-state index contributed by atoms with van der Waals surface area (Å²) in [6.07, 6.45) is 1.33. The molecule has 7 rings (SSSR count). The Bertz CT molecular complexity index is 1950. The number of allylic oxidation sites excluding steroid dienone is 2. The van der Waals surface area contributed by atoms with Crippen molar-refractivity contribution in [1.29, 1.82) is 0 Å². The lowest BCUT2D eigenvalue weighted by Gasteiger charge is -2.60. The summed E-state index contributed by atoms with van der Waals surface area (Å²) in [6, 6.07) is 8.49. The fourth-order valence-corrected chi connectivity index (χ4v) is 9.61. The summed E-state index contributed by atoms with van der Waals surface area (Å²) in [5.74, 6) is -1.85.